The van der Waals surface area contributed by atoms with Gasteiger partial charge in [0.2, 0.25) is 0 Å². The normalized spacial score (nSPS) is 12.8. The molecule has 1 aliphatic rings. The Morgan fingerprint density at radius 3 is 2.81 bits per heavy atom. The zero-order valence-corrected chi connectivity index (χ0v) is 15.0. The second-order valence-corrected chi connectivity index (χ2v) is 6.32. The van der Waals surface area contributed by atoms with E-state index >= 15 is 0 Å². The summed E-state index contributed by atoms with van der Waals surface area (Å²) in [6.07, 6.45) is 0. The number of nitrogens with one attached hydrogen (secondary N) is 1. The van der Waals surface area contributed by atoms with Crippen molar-refractivity contribution in [1.29, 1.82) is 0 Å². The van der Waals surface area contributed by atoms with Gasteiger partial charge in [-0.05, 0) is 26.0 Å². The molecule has 4 rings (SSSR count). The minimum absolute atomic E-state index is 0.265. The fourth-order valence-corrected chi connectivity index (χ4v) is 3.12. The van der Waals surface area contributed by atoms with Crippen LogP contribution in [0.5, 0.6) is 11.5 Å². The molecule has 3 heterocycles. The number of fused-ring (bicyclic) bond motifs is 1. The summed E-state index contributed by atoms with van der Waals surface area (Å²) in [7, 11) is 0. The second-order valence-electron chi connectivity index (χ2n) is 5.79. The highest BCUT2D eigenvalue weighted by Gasteiger charge is 2.19. The molecule has 0 bridgehead atoms. The van der Waals surface area contributed by atoms with Crippen molar-refractivity contribution in [2.75, 3.05) is 18.5 Å². The number of amides is 1. The number of hydrogen-bond acceptors (Lipinski definition) is 8. The van der Waals surface area contributed by atoms with E-state index in [1.807, 2.05) is 6.92 Å². The molecule has 1 aromatic carbocycles. The summed E-state index contributed by atoms with van der Waals surface area (Å²) < 4.78 is 21.0. The Kier molecular flexibility index (Phi) is 4.25. The maximum Gasteiger partial charge on any atom is 0.278 e. The molecule has 0 spiro atoms. The predicted octanol–water partition coefficient (Wildman–Crippen LogP) is 1.82. The van der Waals surface area contributed by atoms with Crippen molar-refractivity contribution < 1.29 is 14.3 Å². The van der Waals surface area contributed by atoms with Crippen molar-refractivity contribution in [3.05, 3.63) is 41.0 Å². The molecule has 0 aliphatic carbocycles. The van der Waals surface area contributed by atoms with Crippen LogP contribution in [0.15, 0.2) is 18.2 Å². The van der Waals surface area contributed by atoms with E-state index in [0.29, 0.717) is 42.6 Å². The van der Waals surface area contributed by atoms with Crippen LogP contribution in [-0.4, -0.2) is 42.9 Å². The molecule has 2 aromatic heterocycles. The van der Waals surface area contributed by atoms with Crippen LogP contribution in [-0.2, 0) is 6.54 Å². The smallest absolute Gasteiger partial charge is 0.278 e. The average Bonchev–Trinajstić information content (AvgIpc) is 3.21. The van der Waals surface area contributed by atoms with Crippen molar-refractivity contribution in [2.45, 2.75) is 20.4 Å². The lowest BCUT2D eigenvalue weighted by Crippen LogP contribution is -2.17. The number of hydrogen-bond donors (Lipinski definition) is 1. The van der Waals surface area contributed by atoms with Gasteiger partial charge in [-0.15, -0.1) is 5.10 Å². The lowest BCUT2D eigenvalue weighted by molar-refractivity contribution is 0.102. The number of anilines is 1. The van der Waals surface area contributed by atoms with Crippen LogP contribution in [0.3, 0.4) is 0 Å². The number of nitrogens with zero attached hydrogens (tertiary/aromatic N) is 5. The van der Waals surface area contributed by atoms with E-state index in [1.54, 1.807) is 29.8 Å². The van der Waals surface area contributed by atoms with Crippen LogP contribution in [0.25, 0.3) is 0 Å². The fraction of sp³-hybridized carbons (Fsp3) is 0.312. The zero-order valence-electron chi connectivity index (χ0n) is 14.2. The van der Waals surface area contributed by atoms with E-state index < -0.39 is 0 Å². The lowest BCUT2D eigenvalue weighted by Gasteiger charge is -2.18. The molecule has 26 heavy (non-hydrogen) atoms. The average molecular weight is 372 g/mol. The maximum atomic E-state index is 12.6. The summed E-state index contributed by atoms with van der Waals surface area (Å²) in [6.45, 7) is 5.13. The van der Waals surface area contributed by atoms with Gasteiger partial charge in [-0.1, -0.05) is 5.21 Å². The van der Waals surface area contributed by atoms with Crippen molar-refractivity contribution in [3.63, 3.8) is 0 Å². The molecular formula is C16H16N6O3S. The second kappa shape index (κ2) is 6.71. The Labute approximate surface area is 153 Å². The van der Waals surface area contributed by atoms with Crippen molar-refractivity contribution in [1.82, 2.24) is 23.7 Å². The summed E-state index contributed by atoms with van der Waals surface area (Å²) in [6, 6.07) is 5.26. The molecular weight excluding hydrogens is 356 g/mol. The largest absolute Gasteiger partial charge is 0.486 e. The van der Waals surface area contributed by atoms with Gasteiger partial charge in [-0.25, -0.2) is 4.68 Å². The molecule has 0 fully saturated rings. The topological polar surface area (TPSA) is 104 Å². The Morgan fingerprint density at radius 2 is 2.04 bits per heavy atom. The van der Waals surface area contributed by atoms with Gasteiger partial charge in [0.05, 0.1) is 35.4 Å². The molecule has 0 saturated carbocycles. The van der Waals surface area contributed by atoms with E-state index in [4.69, 9.17) is 9.47 Å². The molecule has 9 nitrogen and oxygen atoms in total. The monoisotopic (exact) mass is 372 g/mol. The molecule has 0 unspecified atom stereocenters. The SMILES string of the molecule is Cc1nsnc1Cn1nnc(C(=O)Nc2ccc3c(c2)OCCO3)c1C. The van der Waals surface area contributed by atoms with Crippen molar-refractivity contribution in [3.8, 4) is 11.5 Å². The van der Waals surface area contributed by atoms with Gasteiger partial charge in [-0.2, -0.15) is 8.75 Å². The van der Waals surface area contributed by atoms with Gasteiger partial charge < -0.3 is 14.8 Å². The van der Waals surface area contributed by atoms with E-state index in [2.05, 4.69) is 24.4 Å². The van der Waals surface area contributed by atoms with Gasteiger partial charge >= 0.3 is 0 Å². The Balaban J connectivity index is 1.51. The van der Waals surface area contributed by atoms with Crippen LogP contribution >= 0.6 is 11.7 Å². The van der Waals surface area contributed by atoms with Gasteiger partial charge in [-0.3, -0.25) is 4.79 Å². The highest BCUT2D eigenvalue weighted by atomic mass is 32.1. The first-order valence-corrected chi connectivity index (χ1v) is 8.74. The Bertz CT molecular complexity index is 967. The Hall–Kier alpha value is -3.01. The number of ether oxygens (including phenoxy) is 2. The van der Waals surface area contributed by atoms with E-state index in [0.717, 1.165) is 23.1 Å². The molecule has 0 atom stereocenters. The number of aryl methyl sites for hydroxylation is 1. The summed E-state index contributed by atoms with van der Waals surface area (Å²) in [4.78, 5) is 12.6. The summed E-state index contributed by atoms with van der Waals surface area (Å²) in [5.41, 5.74) is 3.20. The first-order valence-electron chi connectivity index (χ1n) is 8.01. The first kappa shape index (κ1) is 16.5. The number of carbonyl (C=O) groups excluding carboxylic acids is 1. The van der Waals surface area contributed by atoms with E-state index in [-0.39, 0.29) is 11.6 Å². The van der Waals surface area contributed by atoms with E-state index in [1.165, 1.54) is 0 Å². The van der Waals surface area contributed by atoms with Crippen molar-refractivity contribution >= 4 is 23.3 Å². The third-order valence-electron chi connectivity index (χ3n) is 4.04. The van der Waals surface area contributed by atoms with Gasteiger partial charge in [0, 0.05) is 11.8 Å². The first-order chi connectivity index (χ1) is 12.6. The molecule has 10 heteroatoms. The standard InChI is InChI=1S/C16H16N6O3S/c1-9-12(20-26-19-9)8-22-10(2)15(18-21-22)16(23)17-11-3-4-13-14(7-11)25-6-5-24-13/h3-4,7H,5-6,8H2,1-2H3,(H,17,23). The summed E-state index contributed by atoms with van der Waals surface area (Å²) in [5, 5.41) is 10.9. The summed E-state index contributed by atoms with van der Waals surface area (Å²) >= 11 is 1.15. The quantitative estimate of drug-likeness (QED) is 0.745. The third kappa shape index (κ3) is 3.10. The van der Waals surface area contributed by atoms with Crippen LogP contribution < -0.4 is 14.8 Å². The highest BCUT2D eigenvalue weighted by molar-refractivity contribution is 6.99. The maximum absolute atomic E-state index is 12.6. The van der Waals surface area contributed by atoms with Crippen LogP contribution in [0.1, 0.15) is 27.6 Å². The highest BCUT2D eigenvalue weighted by Crippen LogP contribution is 2.32. The van der Waals surface area contributed by atoms with Crippen LogP contribution in [0.4, 0.5) is 5.69 Å². The van der Waals surface area contributed by atoms with Gasteiger partial charge in [0.1, 0.15) is 13.2 Å². The number of carbonyl (C=O) groups is 1. The minimum Gasteiger partial charge on any atom is -0.486 e. The molecule has 3 aromatic rings. The fourth-order valence-electron chi connectivity index (χ4n) is 2.57. The van der Waals surface area contributed by atoms with E-state index in [9.17, 15) is 4.79 Å². The van der Waals surface area contributed by atoms with Crippen LogP contribution in [0.2, 0.25) is 0 Å². The number of rotatable bonds is 4. The Morgan fingerprint density at radius 1 is 1.23 bits per heavy atom. The number of benzene rings is 1. The molecule has 1 N–H and O–H groups in total. The van der Waals surface area contributed by atoms with Gasteiger partial charge in [0.15, 0.2) is 17.2 Å². The third-order valence-corrected chi connectivity index (χ3v) is 4.70. The zero-order chi connectivity index (χ0) is 18.1. The molecule has 0 radical (unpaired) electrons. The molecule has 1 aliphatic heterocycles. The van der Waals surface area contributed by atoms with Gasteiger partial charge in [0.25, 0.3) is 5.91 Å². The molecule has 134 valence electrons. The van der Waals surface area contributed by atoms with Crippen LogP contribution in [0, 0.1) is 13.8 Å². The lowest BCUT2D eigenvalue weighted by atomic mass is 10.2. The molecule has 0 saturated heterocycles. The van der Waals surface area contributed by atoms with Crippen molar-refractivity contribution in [2.24, 2.45) is 0 Å². The minimum atomic E-state index is -0.335. The molecule has 1 amide bonds. The number of aromatic nitrogens is 5. The predicted molar refractivity (Wildman–Crippen MR) is 93.9 cm³/mol. The summed E-state index contributed by atoms with van der Waals surface area (Å²) in [5.74, 6) is 0.947.